The zero-order valence-corrected chi connectivity index (χ0v) is 13.0. The van der Waals surface area contributed by atoms with Crippen LogP contribution in [-0.4, -0.2) is 5.91 Å². The highest BCUT2D eigenvalue weighted by atomic mass is 16.1. The van der Waals surface area contributed by atoms with E-state index < -0.39 is 0 Å². The number of nitrogens with two attached hydrogens (primary N) is 1. The smallest absolute Gasteiger partial charge is 0.256 e. The van der Waals surface area contributed by atoms with Gasteiger partial charge >= 0.3 is 0 Å². The van der Waals surface area contributed by atoms with Gasteiger partial charge in [-0.1, -0.05) is 39.0 Å². The number of carbonyl (C=O) groups is 1. The van der Waals surface area contributed by atoms with Crippen molar-refractivity contribution >= 4 is 17.3 Å². The molecule has 0 aliphatic heterocycles. The highest BCUT2D eigenvalue weighted by Gasteiger charge is 2.14. The van der Waals surface area contributed by atoms with Gasteiger partial charge in [-0.25, -0.2) is 0 Å². The van der Waals surface area contributed by atoms with Crippen LogP contribution in [0.2, 0.25) is 0 Å². The molecule has 0 aliphatic carbocycles. The van der Waals surface area contributed by atoms with Crippen molar-refractivity contribution in [2.24, 2.45) is 0 Å². The Hall–Kier alpha value is -2.29. The number of anilines is 2. The van der Waals surface area contributed by atoms with Crippen molar-refractivity contribution in [1.82, 2.24) is 0 Å². The van der Waals surface area contributed by atoms with Crippen molar-refractivity contribution in [3.8, 4) is 0 Å². The van der Waals surface area contributed by atoms with Crippen LogP contribution in [0.4, 0.5) is 11.4 Å². The van der Waals surface area contributed by atoms with Crippen molar-refractivity contribution in [1.29, 1.82) is 0 Å². The first-order valence-electron chi connectivity index (χ1n) is 7.06. The van der Waals surface area contributed by atoms with E-state index in [1.807, 2.05) is 31.2 Å². The molecule has 110 valence electrons. The van der Waals surface area contributed by atoms with Crippen LogP contribution < -0.4 is 11.1 Å². The fourth-order valence-electron chi connectivity index (χ4n) is 2.15. The summed E-state index contributed by atoms with van der Waals surface area (Å²) in [6.07, 6.45) is 0. The Balaban J connectivity index is 2.18. The molecule has 0 saturated carbocycles. The minimum Gasteiger partial charge on any atom is -0.398 e. The van der Waals surface area contributed by atoms with Crippen LogP contribution in [0.1, 0.15) is 42.3 Å². The third-order valence-corrected chi connectivity index (χ3v) is 3.63. The molecule has 3 N–H and O–H groups in total. The van der Waals surface area contributed by atoms with Crippen LogP contribution in [-0.2, 0) is 5.41 Å². The minimum atomic E-state index is -0.136. The van der Waals surface area contributed by atoms with Crippen LogP contribution in [0.25, 0.3) is 0 Å². The Morgan fingerprint density at radius 1 is 1.05 bits per heavy atom. The van der Waals surface area contributed by atoms with Crippen molar-refractivity contribution in [2.45, 2.75) is 33.1 Å². The third kappa shape index (κ3) is 3.43. The molecular formula is C18H22N2O. The van der Waals surface area contributed by atoms with Gasteiger partial charge in [0.1, 0.15) is 0 Å². The first-order valence-corrected chi connectivity index (χ1v) is 7.06. The molecule has 3 nitrogen and oxygen atoms in total. The Labute approximate surface area is 126 Å². The van der Waals surface area contributed by atoms with Gasteiger partial charge in [0.2, 0.25) is 0 Å². The summed E-state index contributed by atoms with van der Waals surface area (Å²) in [6.45, 7) is 8.34. The number of hydrogen-bond donors (Lipinski definition) is 2. The van der Waals surface area contributed by atoms with E-state index in [1.54, 1.807) is 18.2 Å². The minimum absolute atomic E-state index is 0.104. The fourth-order valence-corrected chi connectivity index (χ4v) is 2.15. The van der Waals surface area contributed by atoms with Gasteiger partial charge < -0.3 is 11.1 Å². The normalized spacial score (nSPS) is 11.2. The van der Waals surface area contributed by atoms with Gasteiger partial charge in [0.25, 0.3) is 5.91 Å². The molecule has 1 amide bonds. The summed E-state index contributed by atoms with van der Waals surface area (Å²) >= 11 is 0. The molecule has 0 spiro atoms. The zero-order valence-electron chi connectivity index (χ0n) is 13.0. The van der Waals surface area contributed by atoms with Crippen LogP contribution in [0.3, 0.4) is 0 Å². The summed E-state index contributed by atoms with van der Waals surface area (Å²) in [6, 6.07) is 13.3. The second-order valence-electron chi connectivity index (χ2n) is 6.30. The van der Waals surface area contributed by atoms with E-state index in [4.69, 9.17) is 5.73 Å². The molecule has 0 unspecified atom stereocenters. The Bertz CT molecular complexity index is 652. The second-order valence-corrected chi connectivity index (χ2v) is 6.30. The number of nitrogen functional groups attached to an aromatic ring is 1. The van der Waals surface area contributed by atoms with Gasteiger partial charge in [0.05, 0.1) is 0 Å². The van der Waals surface area contributed by atoms with E-state index in [9.17, 15) is 4.79 Å². The molecular weight excluding hydrogens is 260 g/mol. The van der Waals surface area contributed by atoms with E-state index in [-0.39, 0.29) is 11.3 Å². The van der Waals surface area contributed by atoms with E-state index in [1.165, 1.54) is 5.56 Å². The van der Waals surface area contributed by atoms with Crippen LogP contribution in [0.15, 0.2) is 42.5 Å². The molecule has 21 heavy (non-hydrogen) atoms. The topological polar surface area (TPSA) is 55.1 Å². The van der Waals surface area contributed by atoms with Gasteiger partial charge in [-0.3, -0.25) is 4.79 Å². The monoisotopic (exact) mass is 282 g/mol. The van der Waals surface area contributed by atoms with Crippen molar-refractivity contribution < 1.29 is 4.79 Å². The van der Waals surface area contributed by atoms with Gasteiger partial charge in [-0.2, -0.15) is 0 Å². The average molecular weight is 282 g/mol. The fraction of sp³-hybridized carbons (Fsp3) is 0.278. The SMILES string of the molecule is Cc1c(N)cccc1C(=O)Nc1ccc(C(C)(C)C)cc1. The quantitative estimate of drug-likeness (QED) is 0.814. The van der Waals surface area contributed by atoms with Crippen molar-refractivity contribution in [2.75, 3.05) is 11.1 Å². The summed E-state index contributed by atoms with van der Waals surface area (Å²) in [5.41, 5.74) is 10.0. The van der Waals surface area contributed by atoms with Crippen molar-refractivity contribution in [3.63, 3.8) is 0 Å². The lowest BCUT2D eigenvalue weighted by molar-refractivity contribution is 0.102. The molecule has 0 aromatic heterocycles. The highest BCUT2D eigenvalue weighted by Crippen LogP contribution is 2.24. The van der Waals surface area contributed by atoms with Gasteiger partial charge in [0.15, 0.2) is 0 Å². The largest absolute Gasteiger partial charge is 0.398 e. The van der Waals surface area contributed by atoms with E-state index >= 15 is 0 Å². The summed E-state index contributed by atoms with van der Waals surface area (Å²) in [5, 5.41) is 2.91. The summed E-state index contributed by atoms with van der Waals surface area (Å²) in [4.78, 5) is 12.3. The van der Waals surface area contributed by atoms with Crippen LogP contribution in [0, 0.1) is 6.92 Å². The van der Waals surface area contributed by atoms with E-state index in [2.05, 4.69) is 26.1 Å². The Morgan fingerprint density at radius 2 is 1.67 bits per heavy atom. The predicted molar refractivity (Wildman–Crippen MR) is 88.7 cm³/mol. The number of benzene rings is 2. The first-order chi connectivity index (χ1) is 9.79. The summed E-state index contributed by atoms with van der Waals surface area (Å²) in [5.74, 6) is -0.136. The van der Waals surface area contributed by atoms with Crippen molar-refractivity contribution in [3.05, 3.63) is 59.2 Å². The lowest BCUT2D eigenvalue weighted by Gasteiger charge is -2.19. The molecule has 0 aliphatic rings. The number of carbonyl (C=O) groups excluding carboxylic acids is 1. The van der Waals surface area contributed by atoms with E-state index in [0.717, 1.165) is 11.3 Å². The van der Waals surface area contributed by atoms with Crippen LogP contribution >= 0.6 is 0 Å². The van der Waals surface area contributed by atoms with Gasteiger partial charge in [-0.05, 0) is 47.7 Å². The summed E-state index contributed by atoms with van der Waals surface area (Å²) in [7, 11) is 0. The third-order valence-electron chi connectivity index (χ3n) is 3.63. The maximum absolute atomic E-state index is 12.3. The Kier molecular flexibility index (Phi) is 4.03. The highest BCUT2D eigenvalue weighted by molar-refractivity contribution is 6.06. The van der Waals surface area contributed by atoms with E-state index in [0.29, 0.717) is 11.3 Å². The summed E-state index contributed by atoms with van der Waals surface area (Å²) < 4.78 is 0. The predicted octanol–water partition coefficient (Wildman–Crippen LogP) is 4.13. The molecule has 2 aromatic rings. The molecule has 0 atom stereocenters. The molecule has 2 aromatic carbocycles. The first kappa shape index (κ1) is 15.1. The molecule has 0 radical (unpaired) electrons. The number of amides is 1. The van der Waals surface area contributed by atoms with Crippen LogP contribution in [0.5, 0.6) is 0 Å². The van der Waals surface area contributed by atoms with Gasteiger partial charge in [-0.15, -0.1) is 0 Å². The van der Waals surface area contributed by atoms with Gasteiger partial charge in [0, 0.05) is 16.9 Å². The molecule has 2 rings (SSSR count). The second kappa shape index (κ2) is 5.60. The standard InChI is InChI=1S/C18H22N2O/c1-12-15(6-5-7-16(12)19)17(21)20-14-10-8-13(9-11-14)18(2,3)4/h5-11H,19H2,1-4H3,(H,20,21). The molecule has 3 heteroatoms. The lowest BCUT2D eigenvalue weighted by Crippen LogP contribution is -2.15. The zero-order chi connectivity index (χ0) is 15.6. The number of hydrogen-bond acceptors (Lipinski definition) is 2. The maximum atomic E-state index is 12.3. The maximum Gasteiger partial charge on any atom is 0.256 e. The average Bonchev–Trinajstić information content (AvgIpc) is 2.41. The lowest BCUT2D eigenvalue weighted by atomic mass is 9.87. The number of nitrogens with one attached hydrogen (secondary N) is 1. The molecule has 0 fully saturated rings. The molecule has 0 bridgehead atoms. The molecule has 0 heterocycles. The molecule has 0 saturated heterocycles. The number of rotatable bonds is 2. The Morgan fingerprint density at radius 3 is 2.24 bits per heavy atom.